The van der Waals surface area contributed by atoms with Crippen molar-refractivity contribution in [2.45, 2.75) is 25.4 Å². The number of carbonyl (C=O) groups is 1. The molecule has 0 amide bonds. The van der Waals surface area contributed by atoms with Gasteiger partial charge < -0.3 is 4.74 Å². The molecule has 3 heteroatoms. The summed E-state index contributed by atoms with van der Waals surface area (Å²) < 4.78 is 5.36. The summed E-state index contributed by atoms with van der Waals surface area (Å²) in [5.74, 6) is -0.197. The molecule has 3 aromatic carbocycles. The number of aryl methyl sites for hydroxylation is 1. The van der Waals surface area contributed by atoms with Gasteiger partial charge in [-0.1, -0.05) is 72.8 Å². The minimum atomic E-state index is -0.597. The predicted molar refractivity (Wildman–Crippen MR) is 113 cm³/mol. The first-order chi connectivity index (χ1) is 13.3. The second-order valence-electron chi connectivity index (χ2n) is 6.69. The zero-order chi connectivity index (χ0) is 18.6. The van der Waals surface area contributed by atoms with Gasteiger partial charge in [-0.25, -0.2) is 4.79 Å². The number of fused-ring (bicyclic) bond motifs is 1. The van der Waals surface area contributed by atoms with Crippen molar-refractivity contribution in [3.05, 3.63) is 95.6 Å². The van der Waals surface area contributed by atoms with Crippen LogP contribution in [0.5, 0.6) is 0 Å². The van der Waals surface area contributed by atoms with Gasteiger partial charge in [0.05, 0.1) is 12.2 Å². The van der Waals surface area contributed by atoms with Crippen molar-refractivity contribution < 1.29 is 9.53 Å². The molecule has 0 heterocycles. The maximum atomic E-state index is 12.6. The maximum absolute atomic E-state index is 12.6. The van der Waals surface area contributed by atoms with E-state index in [0.717, 1.165) is 18.4 Å². The Morgan fingerprint density at radius 1 is 0.926 bits per heavy atom. The summed E-state index contributed by atoms with van der Waals surface area (Å²) in [7, 11) is -0.597. The largest absolute Gasteiger partial charge is 0.462 e. The van der Waals surface area contributed by atoms with E-state index in [2.05, 4.69) is 66.7 Å². The van der Waals surface area contributed by atoms with Crippen LogP contribution in [0.25, 0.3) is 0 Å². The van der Waals surface area contributed by atoms with Crippen LogP contribution in [0.3, 0.4) is 0 Å². The lowest BCUT2D eigenvalue weighted by Crippen LogP contribution is -2.18. The Morgan fingerprint density at radius 2 is 1.56 bits per heavy atom. The Bertz CT molecular complexity index is 882. The van der Waals surface area contributed by atoms with Crippen LogP contribution >= 0.6 is 7.92 Å². The van der Waals surface area contributed by atoms with Crippen molar-refractivity contribution in [2.75, 3.05) is 6.61 Å². The molecule has 0 radical (unpaired) electrons. The molecule has 0 saturated carbocycles. The normalized spacial score (nSPS) is 15.6. The van der Waals surface area contributed by atoms with E-state index in [1.807, 2.05) is 19.1 Å². The highest BCUT2D eigenvalue weighted by Gasteiger charge is 2.35. The quantitative estimate of drug-likeness (QED) is 0.465. The second kappa shape index (κ2) is 8.06. The Kier molecular flexibility index (Phi) is 5.36. The molecule has 0 saturated heterocycles. The van der Waals surface area contributed by atoms with E-state index in [0.29, 0.717) is 12.3 Å². The van der Waals surface area contributed by atoms with Gasteiger partial charge in [0.1, 0.15) is 0 Å². The van der Waals surface area contributed by atoms with Crippen LogP contribution in [0.2, 0.25) is 0 Å². The minimum absolute atomic E-state index is 0.197. The van der Waals surface area contributed by atoms with Crippen LogP contribution in [0.1, 0.15) is 40.5 Å². The molecule has 0 aromatic heterocycles. The molecular formula is C24H23O2P. The first-order valence-electron chi connectivity index (χ1n) is 9.48. The van der Waals surface area contributed by atoms with Crippen LogP contribution in [0.4, 0.5) is 0 Å². The van der Waals surface area contributed by atoms with Crippen LogP contribution in [0, 0.1) is 0 Å². The van der Waals surface area contributed by atoms with Gasteiger partial charge in [-0.05, 0) is 55.5 Å². The number of benzene rings is 3. The molecule has 1 aliphatic rings. The summed E-state index contributed by atoms with van der Waals surface area (Å²) in [6, 6.07) is 27.6. The highest BCUT2D eigenvalue weighted by Crippen LogP contribution is 2.56. The minimum Gasteiger partial charge on any atom is -0.462 e. The van der Waals surface area contributed by atoms with E-state index in [1.165, 1.54) is 21.7 Å². The van der Waals surface area contributed by atoms with E-state index < -0.39 is 7.92 Å². The number of rotatable bonds is 5. The molecule has 0 spiro atoms. The molecule has 3 aromatic rings. The lowest BCUT2D eigenvalue weighted by atomic mass is 10.0. The monoisotopic (exact) mass is 374 g/mol. The third-order valence-corrected chi connectivity index (χ3v) is 7.94. The molecule has 0 aliphatic heterocycles. The van der Waals surface area contributed by atoms with Crippen molar-refractivity contribution in [1.82, 2.24) is 0 Å². The molecule has 2 nitrogen and oxygen atoms in total. The zero-order valence-electron chi connectivity index (χ0n) is 15.5. The van der Waals surface area contributed by atoms with Gasteiger partial charge >= 0.3 is 5.97 Å². The first-order valence-corrected chi connectivity index (χ1v) is 10.9. The molecular weight excluding hydrogens is 351 g/mol. The van der Waals surface area contributed by atoms with Gasteiger partial charge in [-0.2, -0.15) is 0 Å². The smallest absolute Gasteiger partial charge is 0.338 e. The molecule has 27 heavy (non-hydrogen) atoms. The molecule has 0 fully saturated rings. The molecule has 1 atom stereocenters. The maximum Gasteiger partial charge on any atom is 0.338 e. The number of esters is 1. The van der Waals surface area contributed by atoms with E-state index in [-0.39, 0.29) is 5.97 Å². The Morgan fingerprint density at radius 3 is 2.15 bits per heavy atom. The molecule has 4 rings (SSSR count). The van der Waals surface area contributed by atoms with Gasteiger partial charge in [0.25, 0.3) is 0 Å². The topological polar surface area (TPSA) is 26.3 Å². The summed E-state index contributed by atoms with van der Waals surface area (Å²) in [6.07, 6.45) is 2.09. The fourth-order valence-corrected chi connectivity index (χ4v) is 6.95. The van der Waals surface area contributed by atoms with E-state index in [1.54, 1.807) is 0 Å². The van der Waals surface area contributed by atoms with Crippen LogP contribution in [-0.4, -0.2) is 12.6 Å². The molecule has 1 aliphatic carbocycles. The molecule has 0 bridgehead atoms. The van der Waals surface area contributed by atoms with Gasteiger partial charge in [0, 0.05) is 5.66 Å². The fourth-order valence-electron chi connectivity index (χ4n) is 3.99. The fraction of sp³-hybridized carbons (Fsp3) is 0.208. The van der Waals surface area contributed by atoms with Gasteiger partial charge in [0.15, 0.2) is 0 Å². The molecule has 1 unspecified atom stereocenters. The third kappa shape index (κ3) is 3.55. The Balaban J connectivity index is 1.84. The summed E-state index contributed by atoms with van der Waals surface area (Å²) in [5.41, 5.74) is 3.58. The van der Waals surface area contributed by atoms with Crippen LogP contribution < -0.4 is 10.6 Å². The molecule has 0 N–H and O–H groups in total. The van der Waals surface area contributed by atoms with Crippen molar-refractivity contribution >= 4 is 24.5 Å². The van der Waals surface area contributed by atoms with E-state index in [9.17, 15) is 4.79 Å². The summed E-state index contributed by atoms with van der Waals surface area (Å²) in [6.45, 7) is 2.26. The zero-order valence-corrected chi connectivity index (χ0v) is 16.4. The van der Waals surface area contributed by atoms with E-state index in [4.69, 9.17) is 4.74 Å². The van der Waals surface area contributed by atoms with Crippen molar-refractivity contribution in [3.8, 4) is 0 Å². The number of hydrogen-bond acceptors (Lipinski definition) is 2. The number of hydrogen-bond donors (Lipinski definition) is 0. The van der Waals surface area contributed by atoms with Crippen LogP contribution in [0.15, 0.2) is 78.9 Å². The summed E-state index contributed by atoms with van der Waals surface area (Å²) in [5, 5.41) is 2.71. The average Bonchev–Trinajstić information content (AvgIpc) is 3.14. The van der Waals surface area contributed by atoms with Crippen molar-refractivity contribution in [2.24, 2.45) is 0 Å². The Hall–Kier alpha value is -2.44. The Labute approximate surface area is 162 Å². The van der Waals surface area contributed by atoms with Crippen LogP contribution in [-0.2, 0) is 11.2 Å². The lowest BCUT2D eigenvalue weighted by molar-refractivity contribution is 0.0525. The standard InChI is InChI=1S/C24H23O2P/c1-2-26-24(25)21-15-9-10-18-16-17-22(23(18)21)27(19-11-5-3-6-12-19)20-13-7-4-8-14-20/h3-15,22H,2,16-17H2,1H3. The number of carbonyl (C=O) groups excluding carboxylic acids is 1. The third-order valence-electron chi connectivity index (χ3n) is 5.09. The van der Waals surface area contributed by atoms with Gasteiger partial charge in [0.2, 0.25) is 0 Å². The van der Waals surface area contributed by atoms with Crippen molar-refractivity contribution in [1.29, 1.82) is 0 Å². The predicted octanol–water partition coefficient (Wildman–Crippen LogP) is 4.98. The highest BCUT2D eigenvalue weighted by atomic mass is 31.1. The van der Waals surface area contributed by atoms with Crippen molar-refractivity contribution in [3.63, 3.8) is 0 Å². The average molecular weight is 374 g/mol. The van der Waals surface area contributed by atoms with Gasteiger partial charge in [-0.3, -0.25) is 0 Å². The highest BCUT2D eigenvalue weighted by molar-refractivity contribution is 7.73. The van der Waals surface area contributed by atoms with Gasteiger partial charge in [-0.15, -0.1) is 0 Å². The number of ether oxygens (including phenoxy) is 1. The lowest BCUT2D eigenvalue weighted by Gasteiger charge is -2.27. The first kappa shape index (κ1) is 17.9. The summed E-state index contributed by atoms with van der Waals surface area (Å²) in [4.78, 5) is 12.6. The molecule has 136 valence electrons. The SMILES string of the molecule is CCOC(=O)c1cccc2c1C(P(c1ccccc1)c1ccccc1)CC2. The summed E-state index contributed by atoms with van der Waals surface area (Å²) >= 11 is 0. The van der Waals surface area contributed by atoms with E-state index >= 15 is 0 Å². The second-order valence-corrected chi connectivity index (χ2v) is 9.09.